The highest BCUT2D eigenvalue weighted by Gasteiger charge is 2.12. The van der Waals surface area contributed by atoms with Crippen molar-refractivity contribution in [3.63, 3.8) is 0 Å². The SMILES string of the molecule is C=C/C(=C\CC)C(=C)C1=CC=CC(C)(C)C=C1.CC. The first-order valence-electron chi connectivity index (χ1n) is 7.11. The maximum absolute atomic E-state index is 4.16. The summed E-state index contributed by atoms with van der Waals surface area (Å²) in [5.74, 6) is 0. The third-order valence-electron chi connectivity index (χ3n) is 2.83. The molecule has 0 bridgehead atoms. The van der Waals surface area contributed by atoms with Gasteiger partial charge in [0.1, 0.15) is 0 Å². The lowest BCUT2D eigenvalue weighted by Gasteiger charge is -2.13. The van der Waals surface area contributed by atoms with E-state index in [4.69, 9.17) is 0 Å². The van der Waals surface area contributed by atoms with Gasteiger partial charge in [-0.2, -0.15) is 0 Å². The first-order valence-corrected chi connectivity index (χ1v) is 7.11. The average molecular weight is 256 g/mol. The van der Waals surface area contributed by atoms with Gasteiger partial charge in [0.25, 0.3) is 0 Å². The molecule has 19 heavy (non-hydrogen) atoms. The molecule has 0 N–H and O–H groups in total. The molecule has 0 atom stereocenters. The number of rotatable bonds is 4. The van der Waals surface area contributed by atoms with Crippen molar-refractivity contribution in [3.05, 3.63) is 72.4 Å². The van der Waals surface area contributed by atoms with Crippen molar-refractivity contribution < 1.29 is 0 Å². The lowest BCUT2D eigenvalue weighted by molar-refractivity contribution is 0.627. The van der Waals surface area contributed by atoms with Crippen molar-refractivity contribution in [3.8, 4) is 0 Å². The molecule has 1 aliphatic carbocycles. The first-order chi connectivity index (χ1) is 9.00. The summed E-state index contributed by atoms with van der Waals surface area (Å²) >= 11 is 0. The molecule has 0 aliphatic heterocycles. The minimum absolute atomic E-state index is 0.112. The predicted molar refractivity (Wildman–Crippen MR) is 89.2 cm³/mol. The minimum atomic E-state index is 0.112. The summed E-state index contributed by atoms with van der Waals surface area (Å²) in [6.45, 7) is 18.5. The van der Waals surface area contributed by atoms with Crippen LogP contribution in [0.25, 0.3) is 0 Å². The molecule has 0 heteroatoms. The number of allylic oxidation sites excluding steroid dienone is 10. The van der Waals surface area contributed by atoms with Crippen LogP contribution in [0.3, 0.4) is 0 Å². The van der Waals surface area contributed by atoms with E-state index in [0.717, 1.165) is 23.1 Å². The van der Waals surface area contributed by atoms with Crippen molar-refractivity contribution in [1.82, 2.24) is 0 Å². The summed E-state index contributed by atoms with van der Waals surface area (Å²) in [5, 5.41) is 0. The third kappa shape index (κ3) is 5.74. The molecule has 0 saturated heterocycles. The Labute approximate surface area is 119 Å². The standard InChI is InChI=1S/C17H22.C2H6/c1-6-9-15(7-2)14(3)16-10-8-12-17(4,5)13-11-16;1-2/h7-13H,2-3,6H2,1,4-5H3;1-2H3/b15-9+;. The summed E-state index contributed by atoms with van der Waals surface area (Å²) < 4.78 is 0. The van der Waals surface area contributed by atoms with Crippen molar-refractivity contribution in [2.45, 2.75) is 41.0 Å². The molecule has 0 aromatic rings. The van der Waals surface area contributed by atoms with Crippen LogP contribution < -0.4 is 0 Å². The van der Waals surface area contributed by atoms with E-state index in [1.807, 2.05) is 19.9 Å². The van der Waals surface area contributed by atoms with Gasteiger partial charge in [0.2, 0.25) is 0 Å². The Morgan fingerprint density at radius 2 is 1.89 bits per heavy atom. The molecule has 0 spiro atoms. The zero-order chi connectivity index (χ0) is 14.9. The van der Waals surface area contributed by atoms with Crippen LogP contribution in [0.4, 0.5) is 0 Å². The smallest absolute Gasteiger partial charge is 0.00109 e. The van der Waals surface area contributed by atoms with Crippen LogP contribution >= 0.6 is 0 Å². The fourth-order valence-electron chi connectivity index (χ4n) is 1.73. The molecule has 0 aromatic carbocycles. The molecule has 0 radical (unpaired) electrons. The Kier molecular flexibility index (Phi) is 7.83. The summed E-state index contributed by atoms with van der Waals surface area (Å²) in [5.41, 5.74) is 3.44. The molecule has 104 valence electrons. The second kappa shape index (κ2) is 8.53. The molecular formula is C19H28. The Morgan fingerprint density at radius 1 is 1.26 bits per heavy atom. The highest BCUT2D eigenvalue weighted by atomic mass is 14.2. The molecule has 0 nitrogen and oxygen atoms in total. The lowest BCUT2D eigenvalue weighted by atomic mass is 9.92. The highest BCUT2D eigenvalue weighted by molar-refractivity contribution is 5.55. The normalized spacial score (nSPS) is 16.9. The Balaban J connectivity index is 0.00000154. The van der Waals surface area contributed by atoms with Crippen LogP contribution in [0.1, 0.15) is 41.0 Å². The second-order valence-corrected chi connectivity index (χ2v) is 4.89. The topological polar surface area (TPSA) is 0 Å². The van der Waals surface area contributed by atoms with Crippen LogP contribution in [0.15, 0.2) is 72.4 Å². The second-order valence-electron chi connectivity index (χ2n) is 4.89. The fraction of sp³-hybridized carbons (Fsp3) is 0.368. The molecule has 0 heterocycles. The largest absolute Gasteiger partial charge is 0.0985 e. The van der Waals surface area contributed by atoms with Crippen molar-refractivity contribution in [2.75, 3.05) is 0 Å². The maximum Gasteiger partial charge on any atom is 0.00109 e. The zero-order valence-corrected chi connectivity index (χ0v) is 13.2. The zero-order valence-electron chi connectivity index (χ0n) is 13.2. The first kappa shape index (κ1) is 17.4. The monoisotopic (exact) mass is 256 g/mol. The Hall–Kier alpha value is -1.56. The summed E-state index contributed by atoms with van der Waals surface area (Å²) in [6.07, 6.45) is 15.8. The molecular weight excluding hydrogens is 228 g/mol. The van der Waals surface area contributed by atoms with Gasteiger partial charge in [-0.25, -0.2) is 0 Å². The van der Waals surface area contributed by atoms with E-state index in [2.05, 4.69) is 70.4 Å². The van der Waals surface area contributed by atoms with E-state index in [9.17, 15) is 0 Å². The van der Waals surface area contributed by atoms with Gasteiger partial charge >= 0.3 is 0 Å². The van der Waals surface area contributed by atoms with Gasteiger partial charge in [0.05, 0.1) is 0 Å². The molecule has 1 aliphatic rings. The molecule has 0 fully saturated rings. The third-order valence-corrected chi connectivity index (χ3v) is 2.83. The summed E-state index contributed by atoms with van der Waals surface area (Å²) in [7, 11) is 0. The average Bonchev–Trinajstić information content (AvgIpc) is 2.58. The van der Waals surface area contributed by atoms with Gasteiger partial charge in [-0.15, -0.1) is 0 Å². The van der Waals surface area contributed by atoms with Crippen LogP contribution in [0.2, 0.25) is 0 Å². The van der Waals surface area contributed by atoms with Gasteiger partial charge in [0.15, 0.2) is 0 Å². The van der Waals surface area contributed by atoms with Crippen LogP contribution in [0.5, 0.6) is 0 Å². The van der Waals surface area contributed by atoms with E-state index in [0.29, 0.717) is 0 Å². The van der Waals surface area contributed by atoms with Gasteiger partial charge < -0.3 is 0 Å². The lowest BCUT2D eigenvalue weighted by Crippen LogP contribution is -2.00. The Morgan fingerprint density at radius 3 is 2.42 bits per heavy atom. The molecule has 1 rings (SSSR count). The minimum Gasteiger partial charge on any atom is -0.0985 e. The van der Waals surface area contributed by atoms with Gasteiger partial charge in [-0.05, 0) is 23.1 Å². The van der Waals surface area contributed by atoms with E-state index in [1.165, 1.54) is 0 Å². The Bertz CT molecular complexity index is 423. The van der Waals surface area contributed by atoms with Crippen molar-refractivity contribution in [1.29, 1.82) is 0 Å². The molecule has 0 saturated carbocycles. The van der Waals surface area contributed by atoms with E-state index >= 15 is 0 Å². The predicted octanol–water partition coefficient (Wildman–Crippen LogP) is 6.17. The number of hydrogen-bond acceptors (Lipinski definition) is 0. The van der Waals surface area contributed by atoms with Crippen molar-refractivity contribution in [2.24, 2.45) is 5.41 Å². The van der Waals surface area contributed by atoms with Gasteiger partial charge in [0, 0.05) is 5.41 Å². The quantitative estimate of drug-likeness (QED) is 0.528. The highest BCUT2D eigenvalue weighted by Crippen LogP contribution is 2.27. The molecule has 0 unspecified atom stereocenters. The van der Waals surface area contributed by atoms with Crippen LogP contribution in [0, 0.1) is 5.41 Å². The maximum atomic E-state index is 4.16. The molecule has 0 aromatic heterocycles. The fourth-order valence-corrected chi connectivity index (χ4v) is 1.73. The summed E-state index contributed by atoms with van der Waals surface area (Å²) in [6, 6.07) is 0. The van der Waals surface area contributed by atoms with Crippen LogP contribution in [-0.2, 0) is 0 Å². The van der Waals surface area contributed by atoms with Gasteiger partial charge in [-0.1, -0.05) is 90.3 Å². The van der Waals surface area contributed by atoms with Crippen LogP contribution in [-0.4, -0.2) is 0 Å². The van der Waals surface area contributed by atoms with Gasteiger partial charge in [-0.3, -0.25) is 0 Å². The van der Waals surface area contributed by atoms with E-state index in [1.54, 1.807) is 0 Å². The number of hydrogen-bond donors (Lipinski definition) is 0. The van der Waals surface area contributed by atoms with E-state index in [-0.39, 0.29) is 5.41 Å². The molecule has 0 amide bonds. The summed E-state index contributed by atoms with van der Waals surface area (Å²) in [4.78, 5) is 0. The van der Waals surface area contributed by atoms with Crippen molar-refractivity contribution >= 4 is 0 Å². The van der Waals surface area contributed by atoms with E-state index < -0.39 is 0 Å².